The number of rotatable bonds is 7. The van der Waals surface area contributed by atoms with E-state index < -0.39 is 52.3 Å². The Kier molecular flexibility index (Phi) is 8.56. The molecule has 0 saturated heterocycles. The van der Waals surface area contributed by atoms with E-state index in [-0.39, 0.29) is 12.5 Å². The Bertz CT molecular complexity index is 1070. The lowest BCUT2D eigenvalue weighted by molar-refractivity contribution is -0.163. The fourth-order valence-corrected chi connectivity index (χ4v) is 4.80. The molecule has 2 aromatic rings. The van der Waals surface area contributed by atoms with Crippen LogP contribution in [-0.4, -0.2) is 12.6 Å². The van der Waals surface area contributed by atoms with Crippen molar-refractivity contribution in [2.24, 2.45) is 5.92 Å². The highest BCUT2D eigenvalue weighted by Crippen LogP contribution is 2.49. The van der Waals surface area contributed by atoms with Gasteiger partial charge in [-0.1, -0.05) is 25.8 Å². The minimum absolute atomic E-state index is 0.0412. The van der Waals surface area contributed by atoms with Gasteiger partial charge in [-0.15, -0.1) is 0 Å². The Morgan fingerprint density at radius 1 is 0.889 bits per heavy atom. The molecule has 1 fully saturated rings. The predicted molar refractivity (Wildman–Crippen MR) is 119 cm³/mol. The van der Waals surface area contributed by atoms with E-state index >= 15 is 0 Å². The maximum absolute atomic E-state index is 14.9. The SMILES string of the molecule is CCCC1CCC(c2ccc(C(=O)Oc3ccc(OCC)c(C(F)(F)F)c3C(F)(F)F)cc2F)CC1. The molecule has 0 bridgehead atoms. The molecule has 3 rings (SSSR count). The summed E-state index contributed by atoms with van der Waals surface area (Å²) in [6.07, 6.45) is -5.28. The minimum atomic E-state index is -5.51. The van der Waals surface area contributed by atoms with Crippen LogP contribution in [0.2, 0.25) is 0 Å². The first-order valence-corrected chi connectivity index (χ1v) is 11.8. The van der Waals surface area contributed by atoms with E-state index in [0.717, 1.165) is 44.6 Å². The lowest BCUT2D eigenvalue weighted by Crippen LogP contribution is -2.21. The van der Waals surface area contributed by atoms with Crippen LogP contribution in [0.5, 0.6) is 11.5 Å². The van der Waals surface area contributed by atoms with Gasteiger partial charge in [0.25, 0.3) is 0 Å². The van der Waals surface area contributed by atoms with Crippen molar-refractivity contribution in [1.82, 2.24) is 0 Å². The van der Waals surface area contributed by atoms with Crippen LogP contribution in [0.25, 0.3) is 0 Å². The number of benzene rings is 2. The van der Waals surface area contributed by atoms with Gasteiger partial charge in [0, 0.05) is 0 Å². The van der Waals surface area contributed by atoms with Crippen molar-refractivity contribution in [1.29, 1.82) is 0 Å². The zero-order chi connectivity index (χ0) is 26.7. The lowest BCUT2D eigenvalue weighted by atomic mass is 9.77. The van der Waals surface area contributed by atoms with Gasteiger partial charge >= 0.3 is 18.3 Å². The minimum Gasteiger partial charge on any atom is -0.493 e. The third-order valence-corrected chi connectivity index (χ3v) is 6.42. The zero-order valence-corrected chi connectivity index (χ0v) is 19.9. The molecule has 1 saturated carbocycles. The summed E-state index contributed by atoms with van der Waals surface area (Å²) in [6, 6.07) is 4.69. The van der Waals surface area contributed by atoms with E-state index in [1.54, 1.807) is 0 Å². The van der Waals surface area contributed by atoms with Gasteiger partial charge in [-0.25, -0.2) is 9.18 Å². The summed E-state index contributed by atoms with van der Waals surface area (Å²) in [4.78, 5) is 12.6. The molecule has 0 atom stereocenters. The van der Waals surface area contributed by atoms with Crippen LogP contribution in [0.3, 0.4) is 0 Å². The van der Waals surface area contributed by atoms with Crippen LogP contribution < -0.4 is 9.47 Å². The highest BCUT2D eigenvalue weighted by atomic mass is 19.4. The van der Waals surface area contributed by atoms with Crippen LogP contribution in [0.15, 0.2) is 30.3 Å². The Labute approximate surface area is 204 Å². The van der Waals surface area contributed by atoms with Crippen molar-refractivity contribution < 1.29 is 45.0 Å². The fourth-order valence-electron chi connectivity index (χ4n) is 4.80. The molecule has 1 aliphatic rings. The third-order valence-electron chi connectivity index (χ3n) is 6.42. The topological polar surface area (TPSA) is 35.5 Å². The van der Waals surface area contributed by atoms with E-state index in [0.29, 0.717) is 23.6 Å². The van der Waals surface area contributed by atoms with Gasteiger partial charge in [0.2, 0.25) is 0 Å². The second kappa shape index (κ2) is 11.1. The molecule has 0 N–H and O–H groups in total. The number of ether oxygens (including phenoxy) is 2. The first kappa shape index (κ1) is 27.8. The summed E-state index contributed by atoms with van der Waals surface area (Å²) in [5.74, 6) is -3.94. The first-order valence-electron chi connectivity index (χ1n) is 11.8. The van der Waals surface area contributed by atoms with Gasteiger partial charge in [0.15, 0.2) is 0 Å². The maximum atomic E-state index is 14.9. The Hall–Kier alpha value is -2.78. The van der Waals surface area contributed by atoms with Gasteiger partial charge < -0.3 is 9.47 Å². The number of esters is 1. The molecule has 0 radical (unpaired) electrons. The average molecular weight is 520 g/mol. The largest absolute Gasteiger partial charge is 0.493 e. The first-order chi connectivity index (χ1) is 16.9. The average Bonchev–Trinajstić information content (AvgIpc) is 2.79. The monoisotopic (exact) mass is 520 g/mol. The van der Waals surface area contributed by atoms with Gasteiger partial charge in [-0.3, -0.25) is 0 Å². The van der Waals surface area contributed by atoms with Crippen molar-refractivity contribution in [2.75, 3.05) is 6.61 Å². The molecule has 10 heteroatoms. The number of carbonyl (C=O) groups is 1. The summed E-state index contributed by atoms with van der Waals surface area (Å²) >= 11 is 0. The summed E-state index contributed by atoms with van der Waals surface area (Å²) < 4.78 is 106. The van der Waals surface area contributed by atoms with Gasteiger partial charge in [-0.2, -0.15) is 26.3 Å². The van der Waals surface area contributed by atoms with Crippen molar-refractivity contribution in [3.05, 3.63) is 58.4 Å². The van der Waals surface area contributed by atoms with Crippen LogP contribution in [0.4, 0.5) is 30.7 Å². The van der Waals surface area contributed by atoms with Crippen molar-refractivity contribution in [3.8, 4) is 11.5 Å². The highest BCUT2D eigenvalue weighted by Gasteiger charge is 2.48. The molecular formula is C26H27F7O3. The molecule has 0 amide bonds. The Morgan fingerprint density at radius 2 is 1.47 bits per heavy atom. The molecule has 1 aliphatic carbocycles. The zero-order valence-electron chi connectivity index (χ0n) is 19.9. The van der Waals surface area contributed by atoms with Crippen molar-refractivity contribution >= 4 is 5.97 Å². The summed E-state index contributed by atoms with van der Waals surface area (Å²) in [6.45, 7) is 3.11. The van der Waals surface area contributed by atoms with Gasteiger partial charge in [-0.05, 0) is 74.3 Å². The van der Waals surface area contributed by atoms with E-state index in [9.17, 15) is 35.5 Å². The highest BCUT2D eigenvalue weighted by molar-refractivity contribution is 5.91. The second-order valence-corrected chi connectivity index (χ2v) is 8.87. The summed E-state index contributed by atoms with van der Waals surface area (Å²) in [7, 11) is 0. The van der Waals surface area contributed by atoms with Crippen LogP contribution in [0, 0.1) is 11.7 Å². The van der Waals surface area contributed by atoms with Gasteiger partial charge in [0.05, 0.1) is 12.2 Å². The third kappa shape index (κ3) is 6.31. The van der Waals surface area contributed by atoms with E-state index in [1.165, 1.54) is 19.1 Å². The second-order valence-electron chi connectivity index (χ2n) is 8.87. The standard InChI is InChI=1S/C26H27F7O3/c1-3-5-15-6-8-16(9-7-15)18-11-10-17(14-19(18)27)24(34)36-21-13-12-20(35-4-2)22(25(28,29)30)23(21)26(31,32)33/h10-16H,3-9H2,1-2H3. The van der Waals surface area contributed by atoms with E-state index in [2.05, 4.69) is 6.92 Å². The number of alkyl halides is 6. The van der Waals surface area contributed by atoms with Crippen molar-refractivity contribution in [2.45, 2.75) is 70.6 Å². The Morgan fingerprint density at radius 3 is 2.00 bits per heavy atom. The van der Waals surface area contributed by atoms with Gasteiger partial charge in [0.1, 0.15) is 28.4 Å². The van der Waals surface area contributed by atoms with E-state index in [4.69, 9.17) is 9.47 Å². The molecule has 198 valence electrons. The lowest BCUT2D eigenvalue weighted by Gasteiger charge is -2.29. The smallest absolute Gasteiger partial charge is 0.420 e. The summed E-state index contributed by atoms with van der Waals surface area (Å²) in [5, 5.41) is 0. The van der Waals surface area contributed by atoms with Crippen LogP contribution in [0.1, 0.15) is 85.3 Å². The molecule has 0 spiro atoms. The fraction of sp³-hybridized carbons (Fsp3) is 0.500. The summed E-state index contributed by atoms with van der Waals surface area (Å²) in [5.41, 5.74) is -4.29. The quantitative estimate of drug-likeness (QED) is 0.208. The number of hydrogen-bond donors (Lipinski definition) is 0. The van der Waals surface area contributed by atoms with E-state index in [1.807, 2.05) is 0 Å². The predicted octanol–water partition coefficient (Wildman–Crippen LogP) is 8.56. The molecular weight excluding hydrogens is 493 g/mol. The van der Waals surface area contributed by atoms with Crippen molar-refractivity contribution in [3.63, 3.8) is 0 Å². The normalized spacial score (nSPS) is 18.7. The maximum Gasteiger partial charge on any atom is 0.420 e. The van der Waals surface area contributed by atoms with Crippen LogP contribution in [-0.2, 0) is 12.4 Å². The number of hydrogen-bond acceptors (Lipinski definition) is 3. The molecule has 0 aromatic heterocycles. The molecule has 0 unspecified atom stereocenters. The number of halogens is 7. The molecule has 0 aliphatic heterocycles. The van der Waals surface area contributed by atoms with Crippen LogP contribution >= 0.6 is 0 Å². The molecule has 2 aromatic carbocycles. The Balaban J connectivity index is 1.88. The molecule has 3 nitrogen and oxygen atoms in total. The number of carbonyl (C=O) groups excluding carboxylic acids is 1. The molecule has 0 heterocycles. The molecule has 36 heavy (non-hydrogen) atoms.